The van der Waals surface area contributed by atoms with E-state index < -0.39 is 17.6 Å². The summed E-state index contributed by atoms with van der Waals surface area (Å²) in [6, 6.07) is 9.11. The molecule has 0 bridgehead atoms. The van der Waals surface area contributed by atoms with E-state index in [4.69, 9.17) is 10.2 Å². The summed E-state index contributed by atoms with van der Waals surface area (Å²) in [4.78, 5) is 23.5. The molecule has 0 aliphatic heterocycles. The molecule has 0 aliphatic carbocycles. The molecule has 1 aromatic rings. The summed E-state index contributed by atoms with van der Waals surface area (Å²) in [7, 11) is 1.55. The molecule has 96 valence electrons. The molecular formula is C13H15NO4. The lowest BCUT2D eigenvalue weighted by molar-refractivity contribution is -0.136. The Bertz CT molecular complexity index is 467. The minimum absolute atomic E-state index is 0.212. The highest BCUT2D eigenvalue weighted by Gasteiger charge is 2.17. The predicted octanol–water partition coefficient (Wildman–Crippen LogP) is 1.73. The third-order valence-electron chi connectivity index (χ3n) is 2.69. The molecule has 0 aliphatic rings. The SMILES string of the molecule is C[C@H](c1ccccc1)N(C)C(=O)/C=C(\O)C(=O)O. The van der Waals surface area contributed by atoms with E-state index in [2.05, 4.69) is 0 Å². The number of aliphatic hydroxyl groups excluding tert-OH is 1. The van der Waals surface area contributed by atoms with Crippen LogP contribution < -0.4 is 0 Å². The van der Waals surface area contributed by atoms with Gasteiger partial charge in [0.05, 0.1) is 12.1 Å². The van der Waals surface area contributed by atoms with Crippen molar-refractivity contribution in [2.24, 2.45) is 0 Å². The second-order valence-electron chi connectivity index (χ2n) is 3.87. The summed E-state index contributed by atoms with van der Waals surface area (Å²) in [5, 5.41) is 17.5. The second kappa shape index (κ2) is 5.86. The van der Waals surface area contributed by atoms with Gasteiger partial charge in [-0.1, -0.05) is 30.3 Å². The fraction of sp³-hybridized carbons (Fsp3) is 0.231. The van der Waals surface area contributed by atoms with E-state index in [1.807, 2.05) is 37.3 Å². The van der Waals surface area contributed by atoms with Gasteiger partial charge in [0.15, 0.2) is 0 Å². The van der Waals surface area contributed by atoms with Crippen LogP contribution in [0.1, 0.15) is 18.5 Å². The van der Waals surface area contributed by atoms with Gasteiger partial charge < -0.3 is 15.1 Å². The Hall–Kier alpha value is -2.30. The van der Waals surface area contributed by atoms with Crippen LogP contribution in [0.15, 0.2) is 42.2 Å². The van der Waals surface area contributed by atoms with Gasteiger partial charge in [0, 0.05) is 7.05 Å². The van der Waals surface area contributed by atoms with Crippen molar-refractivity contribution in [2.75, 3.05) is 7.05 Å². The molecule has 5 heteroatoms. The Morgan fingerprint density at radius 3 is 2.28 bits per heavy atom. The highest BCUT2D eigenvalue weighted by molar-refractivity contribution is 5.96. The zero-order chi connectivity index (χ0) is 13.7. The number of hydrogen-bond acceptors (Lipinski definition) is 3. The minimum Gasteiger partial charge on any atom is -0.502 e. The maximum Gasteiger partial charge on any atom is 0.371 e. The van der Waals surface area contributed by atoms with Crippen LogP contribution in [0.5, 0.6) is 0 Å². The van der Waals surface area contributed by atoms with E-state index in [-0.39, 0.29) is 6.04 Å². The number of hydrogen-bond donors (Lipinski definition) is 2. The summed E-state index contributed by atoms with van der Waals surface area (Å²) in [6.45, 7) is 1.82. The molecule has 0 radical (unpaired) electrons. The Morgan fingerprint density at radius 1 is 1.22 bits per heavy atom. The number of amides is 1. The van der Waals surface area contributed by atoms with Crippen molar-refractivity contribution >= 4 is 11.9 Å². The van der Waals surface area contributed by atoms with Gasteiger partial charge in [0.2, 0.25) is 5.76 Å². The molecule has 2 N–H and O–H groups in total. The van der Waals surface area contributed by atoms with Crippen LogP contribution in [0, 0.1) is 0 Å². The number of carbonyl (C=O) groups excluding carboxylic acids is 1. The van der Waals surface area contributed by atoms with Gasteiger partial charge >= 0.3 is 5.97 Å². The van der Waals surface area contributed by atoms with E-state index in [1.165, 1.54) is 4.90 Å². The zero-order valence-corrected chi connectivity index (χ0v) is 10.2. The summed E-state index contributed by atoms with van der Waals surface area (Å²) in [6.07, 6.45) is 0.696. The third-order valence-corrected chi connectivity index (χ3v) is 2.69. The molecule has 18 heavy (non-hydrogen) atoms. The summed E-state index contributed by atoms with van der Waals surface area (Å²) < 4.78 is 0. The Balaban J connectivity index is 2.82. The van der Waals surface area contributed by atoms with E-state index in [0.717, 1.165) is 5.56 Å². The highest BCUT2D eigenvalue weighted by atomic mass is 16.4. The van der Waals surface area contributed by atoms with Gasteiger partial charge in [-0.15, -0.1) is 0 Å². The van der Waals surface area contributed by atoms with Crippen molar-refractivity contribution in [1.82, 2.24) is 4.90 Å². The third kappa shape index (κ3) is 3.35. The summed E-state index contributed by atoms with van der Waals surface area (Å²) in [5.74, 6) is -3.05. The van der Waals surface area contributed by atoms with Crippen molar-refractivity contribution in [3.63, 3.8) is 0 Å². The monoisotopic (exact) mass is 249 g/mol. The number of benzene rings is 1. The first-order valence-electron chi connectivity index (χ1n) is 5.39. The number of nitrogens with zero attached hydrogens (tertiary/aromatic N) is 1. The maximum absolute atomic E-state index is 11.7. The number of rotatable bonds is 4. The standard InChI is InChI=1S/C13H15NO4/c1-9(10-6-4-3-5-7-10)14(2)12(16)8-11(15)13(17)18/h3-9,15H,1-2H3,(H,17,18)/b11-8-/t9-/m1/s1. The molecule has 1 atom stereocenters. The number of likely N-dealkylation sites (N-methyl/N-ethyl adjacent to an activating group) is 1. The van der Waals surface area contributed by atoms with Gasteiger partial charge in [0.25, 0.3) is 5.91 Å². The Labute approximate surface area is 105 Å². The van der Waals surface area contributed by atoms with Gasteiger partial charge in [-0.2, -0.15) is 0 Å². The minimum atomic E-state index is -1.52. The van der Waals surface area contributed by atoms with Crippen LogP contribution in [0.25, 0.3) is 0 Å². The van der Waals surface area contributed by atoms with Gasteiger partial charge in [-0.3, -0.25) is 4.79 Å². The average Bonchev–Trinajstić information content (AvgIpc) is 2.37. The van der Waals surface area contributed by atoms with Gasteiger partial charge in [0.1, 0.15) is 0 Å². The van der Waals surface area contributed by atoms with Crippen LogP contribution in [-0.4, -0.2) is 34.0 Å². The molecule has 0 heterocycles. The molecule has 1 amide bonds. The lowest BCUT2D eigenvalue weighted by atomic mass is 10.1. The maximum atomic E-state index is 11.7. The summed E-state index contributed by atoms with van der Waals surface area (Å²) >= 11 is 0. The molecule has 5 nitrogen and oxygen atoms in total. The van der Waals surface area contributed by atoms with Crippen LogP contribution in [0.3, 0.4) is 0 Å². The first-order chi connectivity index (χ1) is 8.43. The molecule has 0 saturated heterocycles. The molecule has 0 saturated carbocycles. The number of aliphatic hydroxyl groups is 1. The first kappa shape index (κ1) is 13.8. The van der Waals surface area contributed by atoms with Crippen molar-refractivity contribution in [3.8, 4) is 0 Å². The summed E-state index contributed by atoms with van der Waals surface area (Å²) in [5.41, 5.74) is 0.927. The van der Waals surface area contributed by atoms with E-state index >= 15 is 0 Å². The van der Waals surface area contributed by atoms with E-state index in [0.29, 0.717) is 6.08 Å². The van der Waals surface area contributed by atoms with Gasteiger partial charge in [-0.25, -0.2) is 4.79 Å². The molecule has 0 aromatic heterocycles. The van der Waals surface area contributed by atoms with Gasteiger partial charge in [-0.05, 0) is 12.5 Å². The fourth-order valence-electron chi connectivity index (χ4n) is 1.43. The molecule has 0 fully saturated rings. The molecular weight excluding hydrogens is 234 g/mol. The van der Waals surface area contributed by atoms with Crippen molar-refractivity contribution in [2.45, 2.75) is 13.0 Å². The van der Waals surface area contributed by atoms with E-state index in [1.54, 1.807) is 7.05 Å². The number of carbonyl (C=O) groups is 2. The van der Waals surface area contributed by atoms with Crippen LogP contribution in [-0.2, 0) is 9.59 Å². The van der Waals surface area contributed by atoms with E-state index in [9.17, 15) is 9.59 Å². The quantitative estimate of drug-likeness (QED) is 0.629. The van der Waals surface area contributed by atoms with Crippen molar-refractivity contribution < 1.29 is 19.8 Å². The molecule has 0 spiro atoms. The highest BCUT2D eigenvalue weighted by Crippen LogP contribution is 2.18. The molecule has 1 rings (SSSR count). The fourth-order valence-corrected chi connectivity index (χ4v) is 1.43. The number of aliphatic carboxylic acids is 1. The van der Waals surface area contributed by atoms with Crippen LogP contribution in [0.4, 0.5) is 0 Å². The molecule has 0 unspecified atom stereocenters. The Kier molecular flexibility index (Phi) is 4.48. The largest absolute Gasteiger partial charge is 0.502 e. The zero-order valence-electron chi connectivity index (χ0n) is 10.2. The predicted molar refractivity (Wildman–Crippen MR) is 66.0 cm³/mol. The smallest absolute Gasteiger partial charge is 0.371 e. The molecule has 1 aromatic carbocycles. The number of carboxylic acid groups (broad SMARTS) is 1. The second-order valence-corrected chi connectivity index (χ2v) is 3.87. The van der Waals surface area contributed by atoms with Crippen molar-refractivity contribution in [1.29, 1.82) is 0 Å². The normalized spacial score (nSPS) is 12.9. The average molecular weight is 249 g/mol. The number of carboxylic acids is 1. The lowest BCUT2D eigenvalue weighted by Crippen LogP contribution is -2.28. The first-order valence-corrected chi connectivity index (χ1v) is 5.39. The van der Waals surface area contributed by atoms with Crippen molar-refractivity contribution in [3.05, 3.63) is 47.7 Å². The lowest BCUT2D eigenvalue weighted by Gasteiger charge is -2.24. The Morgan fingerprint density at radius 2 is 1.78 bits per heavy atom. The topological polar surface area (TPSA) is 77.8 Å². The van der Waals surface area contributed by atoms with Crippen LogP contribution in [0.2, 0.25) is 0 Å². The van der Waals surface area contributed by atoms with Crippen LogP contribution >= 0.6 is 0 Å².